The van der Waals surface area contributed by atoms with E-state index < -0.39 is 0 Å². The van der Waals surface area contributed by atoms with Gasteiger partial charge >= 0.3 is 6.03 Å². The fourth-order valence-electron chi connectivity index (χ4n) is 3.04. The molecule has 1 aliphatic carbocycles. The van der Waals surface area contributed by atoms with Gasteiger partial charge < -0.3 is 15.7 Å². The number of anilines is 1. The van der Waals surface area contributed by atoms with Crippen LogP contribution < -0.4 is 10.6 Å². The molecule has 0 spiro atoms. The second kappa shape index (κ2) is 7.68. The van der Waals surface area contributed by atoms with Crippen LogP contribution in [0.5, 0.6) is 0 Å². The largest absolute Gasteiger partial charge is 0.393 e. The first-order valence-corrected chi connectivity index (χ1v) is 8.52. The van der Waals surface area contributed by atoms with Crippen LogP contribution in [0, 0.1) is 5.92 Å². The first-order chi connectivity index (χ1) is 11.6. The van der Waals surface area contributed by atoms with Crippen molar-refractivity contribution in [1.82, 2.24) is 15.1 Å². The van der Waals surface area contributed by atoms with Crippen molar-refractivity contribution in [3.8, 4) is 5.69 Å². The van der Waals surface area contributed by atoms with Gasteiger partial charge in [0, 0.05) is 24.6 Å². The van der Waals surface area contributed by atoms with Crippen LogP contribution in [-0.4, -0.2) is 33.6 Å². The third kappa shape index (κ3) is 4.27. The second-order valence-corrected chi connectivity index (χ2v) is 6.55. The molecule has 24 heavy (non-hydrogen) atoms. The average Bonchev–Trinajstić information content (AvgIpc) is 3.07. The molecule has 1 aromatic heterocycles. The number of aliphatic hydroxyl groups excluding tert-OH is 1. The van der Waals surface area contributed by atoms with Crippen LogP contribution in [0.3, 0.4) is 0 Å². The van der Waals surface area contributed by atoms with Gasteiger partial charge in [-0.3, -0.25) is 0 Å². The summed E-state index contributed by atoms with van der Waals surface area (Å²) in [4.78, 5) is 12.0. The summed E-state index contributed by atoms with van der Waals surface area (Å²) in [6, 6.07) is 6.84. The molecule has 6 nitrogen and oxygen atoms in total. The predicted molar refractivity (Wildman–Crippen MR) is 93.6 cm³/mol. The van der Waals surface area contributed by atoms with E-state index in [-0.39, 0.29) is 12.1 Å². The molecular formula is C17H21ClN4O2. The van der Waals surface area contributed by atoms with Gasteiger partial charge in [-0.2, -0.15) is 5.10 Å². The Morgan fingerprint density at radius 3 is 3.00 bits per heavy atom. The Morgan fingerprint density at radius 1 is 1.42 bits per heavy atom. The monoisotopic (exact) mass is 348 g/mol. The minimum Gasteiger partial charge on any atom is -0.393 e. The number of aliphatic hydroxyl groups is 1. The lowest BCUT2D eigenvalue weighted by Gasteiger charge is -2.25. The average molecular weight is 349 g/mol. The Kier molecular flexibility index (Phi) is 5.37. The van der Waals surface area contributed by atoms with E-state index in [0.717, 1.165) is 31.4 Å². The zero-order valence-electron chi connectivity index (χ0n) is 13.3. The highest BCUT2D eigenvalue weighted by molar-refractivity contribution is 6.32. The van der Waals surface area contributed by atoms with Crippen molar-refractivity contribution in [2.45, 2.75) is 31.8 Å². The SMILES string of the molecule is O=C(NCC1CCCC(O)C1)Nc1ccc(-n2cccn2)c(Cl)c1. The van der Waals surface area contributed by atoms with Gasteiger partial charge in [-0.25, -0.2) is 9.48 Å². The van der Waals surface area contributed by atoms with E-state index in [1.807, 2.05) is 12.1 Å². The van der Waals surface area contributed by atoms with Gasteiger partial charge in [-0.15, -0.1) is 0 Å². The summed E-state index contributed by atoms with van der Waals surface area (Å²) in [6.07, 6.45) is 6.93. The molecule has 1 saturated carbocycles. The number of amides is 2. The number of carbonyl (C=O) groups is 1. The maximum Gasteiger partial charge on any atom is 0.319 e. The topological polar surface area (TPSA) is 79.2 Å². The molecule has 1 aliphatic rings. The molecule has 2 unspecified atom stereocenters. The third-order valence-corrected chi connectivity index (χ3v) is 4.57. The molecule has 1 heterocycles. The van der Waals surface area contributed by atoms with Gasteiger partial charge in [0.1, 0.15) is 0 Å². The summed E-state index contributed by atoms with van der Waals surface area (Å²) in [6.45, 7) is 0.571. The summed E-state index contributed by atoms with van der Waals surface area (Å²) in [5.74, 6) is 0.338. The molecule has 2 atom stereocenters. The molecule has 0 bridgehead atoms. The normalized spacial score (nSPS) is 20.6. The minimum atomic E-state index is -0.266. The van der Waals surface area contributed by atoms with Crippen molar-refractivity contribution in [3.05, 3.63) is 41.7 Å². The zero-order chi connectivity index (χ0) is 16.9. The highest BCUT2D eigenvalue weighted by Crippen LogP contribution is 2.25. The Bertz CT molecular complexity index is 690. The molecule has 0 radical (unpaired) electrons. The van der Waals surface area contributed by atoms with E-state index in [2.05, 4.69) is 15.7 Å². The molecular weight excluding hydrogens is 328 g/mol. The number of nitrogens with one attached hydrogen (secondary N) is 2. The van der Waals surface area contributed by atoms with Gasteiger partial charge in [0.05, 0.1) is 16.8 Å². The molecule has 3 N–H and O–H groups in total. The Hall–Kier alpha value is -2.05. The number of urea groups is 1. The Labute approximate surface area is 145 Å². The number of nitrogens with zero attached hydrogens (tertiary/aromatic N) is 2. The summed E-state index contributed by atoms with van der Waals surface area (Å²) in [5.41, 5.74) is 1.38. The van der Waals surface area contributed by atoms with E-state index in [4.69, 9.17) is 11.6 Å². The fourth-order valence-corrected chi connectivity index (χ4v) is 3.31. The maximum absolute atomic E-state index is 12.0. The van der Waals surface area contributed by atoms with E-state index in [9.17, 15) is 9.90 Å². The summed E-state index contributed by atoms with van der Waals surface area (Å²) in [7, 11) is 0. The minimum absolute atomic E-state index is 0.234. The molecule has 1 fully saturated rings. The van der Waals surface area contributed by atoms with Crippen molar-refractivity contribution in [3.63, 3.8) is 0 Å². The quantitative estimate of drug-likeness (QED) is 0.793. The van der Waals surface area contributed by atoms with Gasteiger partial charge in [-0.05, 0) is 49.4 Å². The van der Waals surface area contributed by atoms with Crippen LogP contribution in [0.4, 0.5) is 10.5 Å². The van der Waals surface area contributed by atoms with Crippen molar-refractivity contribution < 1.29 is 9.90 Å². The van der Waals surface area contributed by atoms with Crippen LogP contribution in [0.1, 0.15) is 25.7 Å². The molecule has 0 aliphatic heterocycles. The van der Waals surface area contributed by atoms with E-state index in [1.165, 1.54) is 0 Å². The third-order valence-electron chi connectivity index (χ3n) is 4.26. The number of aromatic nitrogens is 2. The van der Waals surface area contributed by atoms with E-state index >= 15 is 0 Å². The summed E-state index contributed by atoms with van der Waals surface area (Å²) in [5, 5.41) is 19.9. The van der Waals surface area contributed by atoms with Crippen LogP contribution in [-0.2, 0) is 0 Å². The van der Waals surface area contributed by atoms with Crippen LogP contribution >= 0.6 is 11.6 Å². The molecule has 7 heteroatoms. The molecule has 3 rings (SSSR count). The number of rotatable bonds is 4. The molecule has 0 saturated heterocycles. The van der Waals surface area contributed by atoms with Crippen molar-refractivity contribution in [2.24, 2.45) is 5.92 Å². The predicted octanol–water partition coefficient (Wildman–Crippen LogP) is 3.20. The lowest BCUT2D eigenvalue weighted by molar-refractivity contribution is 0.101. The number of carbonyl (C=O) groups excluding carboxylic acids is 1. The summed E-state index contributed by atoms with van der Waals surface area (Å²) < 4.78 is 1.67. The second-order valence-electron chi connectivity index (χ2n) is 6.14. The standard InChI is InChI=1S/C17H21ClN4O2/c18-15-10-13(5-6-16(15)22-8-2-7-20-22)21-17(24)19-11-12-3-1-4-14(23)9-12/h2,5-8,10,12,14,23H,1,3-4,9,11H2,(H2,19,21,24). The first kappa shape index (κ1) is 16.8. The number of hydrogen-bond acceptors (Lipinski definition) is 3. The van der Waals surface area contributed by atoms with Crippen molar-refractivity contribution >= 4 is 23.3 Å². The lowest BCUT2D eigenvalue weighted by Crippen LogP contribution is -2.35. The van der Waals surface area contributed by atoms with Gasteiger partial charge in [0.15, 0.2) is 0 Å². The number of hydrogen-bond donors (Lipinski definition) is 3. The molecule has 2 aromatic rings. The zero-order valence-corrected chi connectivity index (χ0v) is 14.0. The van der Waals surface area contributed by atoms with Gasteiger partial charge in [0.25, 0.3) is 0 Å². The van der Waals surface area contributed by atoms with E-state index in [0.29, 0.717) is 23.2 Å². The Morgan fingerprint density at radius 2 is 2.29 bits per heavy atom. The van der Waals surface area contributed by atoms with Gasteiger partial charge in [-0.1, -0.05) is 18.0 Å². The first-order valence-electron chi connectivity index (χ1n) is 8.14. The van der Waals surface area contributed by atoms with Crippen LogP contribution in [0.15, 0.2) is 36.7 Å². The molecule has 128 valence electrons. The highest BCUT2D eigenvalue weighted by atomic mass is 35.5. The summed E-state index contributed by atoms with van der Waals surface area (Å²) >= 11 is 6.26. The van der Waals surface area contributed by atoms with E-state index in [1.54, 1.807) is 29.2 Å². The fraction of sp³-hybridized carbons (Fsp3) is 0.412. The highest BCUT2D eigenvalue weighted by Gasteiger charge is 2.20. The lowest BCUT2D eigenvalue weighted by atomic mass is 9.87. The molecule has 1 aromatic carbocycles. The maximum atomic E-state index is 12.0. The van der Waals surface area contributed by atoms with Crippen LogP contribution in [0.2, 0.25) is 5.02 Å². The van der Waals surface area contributed by atoms with Crippen molar-refractivity contribution in [2.75, 3.05) is 11.9 Å². The van der Waals surface area contributed by atoms with Gasteiger partial charge in [0.2, 0.25) is 0 Å². The number of halogens is 1. The number of benzene rings is 1. The van der Waals surface area contributed by atoms with Crippen molar-refractivity contribution in [1.29, 1.82) is 0 Å². The molecule has 2 amide bonds. The smallest absolute Gasteiger partial charge is 0.319 e. The van der Waals surface area contributed by atoms with Crippen LogP contribution in [0.25, 0.3) is 5.69 Å². The Balaban J connectivity index is 1.54.